The quantitative estimate of drug-likeness (QED) is 0.679. The second kappa shape index (κ2) is 8.40. The van der Waals surface area contributed by atoms with E-state index in [1.165, 1.54) is 0 Å². The fourth-order valence-electron chi connectivity index (χ4n) is 4.86. The lowest BCUT2D eigenvalue weighted by molar-refractivity contribution is 0.0594. The topological polar surface area (TPSA) is 95.2 Å². The molecule has 2 atom stereocenters. The average Bonchev–Trinajstić information content (AvgIpc) is 2.86. The smallest absolute Gasteiger partial charge is 0.274 e. The van der Waals surface area contributed by atoms with E-state index >= 15 is 0 Å². The summed E-state index contributed by atoms with van der Waals surface area (Å²) in [7, 11) is 0. The molecule has 7 heteroatoms. The van der Waals surface area contributed by atoms with Gasteiger partial charge in [-0.3, -0.25) is 14.4 Å². The van der Waals surface area contributed by atoms with Crippen molar-refractivity contribution in [3.05, 3.63) is 99.5 Å². The van der Waals surface area contributed by atoms with Crippen LogP contribution < -0.4 is 10.9 Å². The maximum atomic E-state index is 13.2. The van der Waals surface area contributed by atoms with Crippen LogP contribution in [-0.2, 0) is 6.54 Å². The Morgan fingerprint density at radius 3 is 2.39 bits per heavy atom. The summed E-state index contributed by atoms with van der Waals surface area (Å²) in [6.45, 7) is 1.70. The van der Waals surface area contributed by atoms with Gasteiger partial charge < -0.3 is 14.8 Å². The van der Waals surface area contributed by atoms with E-state index in [1.54, 1.807) is 34.9 Å². The van der Waals surface area contributed by atoms with Gasteiger partial charge in [0.15, 0.2) is 0 Å². The van der Waals surface area contributed by atoms with Gasteiger partial charge in [-0.2, -0.15) is 5.26 Å². The van der Waals surface area contributed by atoms with Crippen molar-refractivity contribution in [1.29, 1.82) is 5.26 Å². The number of hydrogen-bond donors (Lipinski definition) is 1. The highest BCUT2D eigenvalue weighted by molar-refractivity contribution is 6.04. The minimum atomic E-state index is -0.396. The molecule has 7 nitrogen and oxygen atoms in total. The van der Waals surface area contributed by atoms with Gasteiger partial charge in [0.05, 0.1) is 11.6 Å². The lowest BCUT2D eigenvalue weighted by Gasteiger charge is -2.43. The van der Waals surface area contributed by atoms with E-state index in [-0.39, 0.29) is 29.0 Å². The van der Waals surface area contributed by atoms with Crippen LogP contribution in [0.4, 0.5) is 5.69 Å². The van der Waals surface area contributed by atoms with Crippen molar-refractivity contribution in [2.75, 3.05) is 18.4 Å². The fraction of sp³-hybridized carbons (Fsp3) is 0.231. The number of rotatable bonds is 3. The summed E-state index contributed by atoms with van der Waals surface area (Å²) < 4.78 is 1.75. The molecular weight excluding hydrogens is 416 g/mol. The van der Waals surface area contributed by atoms with Gasteiger partial charge in [0.2, 0.25) is 0 Å². The van der Waals surface area contributed by atoms with Crippen molar-refractivity contribution >= 4 is 17.5 Å². The number of nitrogens with one attached hydrogen (secondary N) is 1. The molecular formula is C26H22N4O3. The molecule has 164 valence electrons. The highest BCUT2D eigenvalue weighted by Gasteiger charge is 2.37. The first kappa shape index (κ1) is 20.7. The predicted octanol–water partition coefficient (Wildman–Crippen LogP) is 3.23. The number of anilines is 1. The zero-order chi connectivity index (χ0) is 22.9. The summed E-state index contributed by atoms with van der Waals surface area (Å²) in [6, 6.07) is 21.1. The summed E-state index contributed by atoms with van der Waals surface area (Å²) in [5.41, 5.74) is 2.42. The molecule has 2 aliphatic rings. The maximum Gasteiger partial charge on any atom is 0.274 e. The first-order valence-electron chi connectivity index (χ1n) is 10.9. The van der Waals surface area contributed by atoms with Crippen molar-refractivity contribution in [2.45, 2.75) is 18.9 Å². The molecule has 1 aromatic heterocycles. The van der Waals surface area contributed by atoms with E-state index in [1.807, 2.05) is 47.4 Å². The molecule has 33 heavy (non-hydrogen) atoms. The van der Waals surface area contributed by atoms with Gasteiger partial charge in [-0.25, -0.2) is 0 Å². The summed E-state index contributed by atoms with van der Waals surface area (Å²) in [4.78, 5) is 40.6. The van der Waals surface area contributed by atoms with Crippen molar-refractivity contribution in [3.8, 4) is 6.07 Å². The van der Waals surface area contributed by atoms with E-state index in [0.29, 0.717) is 36.3 Å². The van der Waals surface area contributed by atoms with E-state index in [4.69, 9.17) is 5.26 Å². The SMILES string of the molecule is N#Cc1ccc(C(=O)Nc2ccc3n(c2=O)CC2CC3CN(C(=O)c3ccccc3)C2)cc1. The number of hydrogen-bond acceptors (Lipinski definition) is 4. The second-order valence-corrected chi connectivity index (χ2v) is 8.61. The average molecular weight is 438 g/mol. The molecule has 1 N–H and O–H groups in total. The number of fused-ring (bicyclic) bond motifs is 4. The molecule has 1 saturated heterocycles. The van der Waals surface area contributed by atoms with Crippen LogP contribution in [0.15, 0.2) is 71.5 Å². The molecule has 2 bridgehead atoms. The van der Waals surface area contributed by atoms with Crippen LogP contribution in [0.3, 0.4) is 0 Å². The van der Waals surface area contributed by atoms with Gasteiger partial charge in [0.1, 0.15) is 5.69 Å². The number of carbonyl (C=O) groups is 2. The Morgan fingerprint density at radius 1 is 0.909 bits per heavy atom. The lowest BCUT2D eigenvalue weighted by Crippen LogP contribution is -2.49. The summed E-state index contributed by atoms with van der Waals surface area (Å²) in [5.74, 6) is -0.104. The maximum absolute atomic E-state index is 13.2. The van der Waals surface area contributed by atoms with Crippen LogP contribution in [0, 0.1) is 17.2 Å². The third-order valence-electron chi connectivity index (χ3n) is 6.44. The highest BCUT2D eigenvalue weighted by Crippen LogP contribution is 2.36. The van der Waals surface area contributed by atoms with E-state index in [9.17, 15) is 14.4 Å². The highest BCUT2D eigenvalue weighted by atomic mass is 16.2. The molecule has 0 saturated carbocycles. The molecule has 0 aliphatic carbocycles. The molecule has 0 spiro atoms. The molecule has 3 aromatic rings. The van der Waals surface area contributed by atoms with E-state index in [2.05, 4.69) is 5.32 Å². The van der Waals surface area contributed by atoms with Gasteiger partial charge in [0, 0.05) is 42.4 Å². The molecule has 0 radical (unpaired) electrons. The first-order chi connectivity index (χ1) is 16.0. The van der Waals surface area contributed by atoms with Gasteiger partial charge in [0.25, 0.3) is 17.4 Å². The van der Waals surface area contributed by atoms with Crippen LogP contribution in [0.1, 0.15) is 44.3 Å². The Balaban J connectivity index is 1.36. The summed E-state index contributed by atoms with van der Waals surface area (Å²) >= 11 is 0. The Kier molecular flexibility index (Phi) is 5.27. The first-order valence-corrected chi connectivity index (χ1v) is 10.9. The number of aromatic nitrogens is 1. The monoisotopic (exact) mass is 438 g/mol. The Morgan fingerprint density at radius 2 is 1.67 bits per heavy atom. The van der Waals surface area contributed by atoms with Gasteiger partial charge in [-0.05, 0) is 60.9 Å². The van der Waals surface area contributed by atoms with Crippen molar-refractivity contribution < 1.29 is 9.59 Å². The third kappa shape index (κ3) is 3.92. The zero-order valence-electron chi connectivity index (χ0n) is 17.9. The summed E-state index contributed by atoms with van der Waals surface area (Å²) in [5, 5.41) is 11.6. The number of pyridine rings is 1. The molecule has 3 heterocycles. The molecule has 2 unspecified atom stereocenters. The minimum Gasteiger partial charge on any atom is -0.338 e. The van der Waals surface area contributed by atoms with Gasteiger partial charge >= 0.3 is 0 Å². The normalized spacial score (nSPS) is 18.7. The number of carbonyl (C=O) groups excluding carboxylic acids is 2. The second-order valence-electron chi connectivity index (χ2n) is 8.61. The molecule has 2 aromatic carbocycles. The minimum absolute atomic E-state index is 0.0207. The number of likely N-dealkylation sites (tertiary alicyclic amines) is 1. The number of amides is 2. The molecule has 2 aliphatic heterocycles. The number of benzene rings is 2. The van der Waals surface area contributed by atoms with Crippen LogP contribution in [-0.4, -0.2) is 34.4 Å². The van der Waals surface area contributed by atoms with Crippen LogP contribution in [0.2, 0.25) is 0 Å². The lowest BCUT2D eigenvalue weighted by atomic mass is 9.83. The number of piperidine rings is 1. The third-order valence-corrected chi connectivity index (χ3v) is 6.44. The van der Waals surface area contributed by atoms with Crippen molar-refractivity contribution in [1.82, 2.24) is 9.47 Å². The summed E-state index contributed by atoms with van der Waals surface area (Å²) in [6.07, 6.45) is 0.939. The Hall–Kier alpha value is -4.18. The van der Waals surface area contributed by atoms with Crippen LogP contribution >= 0.6 is 0 Å². The largest absolute Gasteiger partial charge is 0.338 e. The van der Waals surface area contributed by atoms with Gasteiger partial charge in [-0.1, -0.05) is 18.2 Å². The zero-order valence-corrected chi connectivity index (χ0v) is 17.9. The van der Waals surface area contributed by atoms with Crippen molar-refractivity contribution in [3.63, 3.8) is 0 Å². The predicted molar refractivity (Wildman–Crippen MR) is 123 cm³/mol. The fourth-order valence-corrected chi connectivity index (χ4v) is 4.86. The van der Waals surface area contributed by atoms with Crippen molar-refractivity contribution in [2.24, 2.45) is 5.92 Å². The molecule has 2 amide bonds. The number of nitrogens with zero attached hydrogens (tertiary/aromatic N) is 3. The number of nitriles is 1. The van der Waals surface area contributed by atoms with E-state index < -0.39 is 5.91 Å². The standard InChI is InChI=1S/C26H22N4O3/c27-13-17-6-8-19(9-7-17)24(31)28-22-10-11-23-21-12-18(15-30(23)26(22)33)14-29(16-21)25(32)20-4-2-1-3-5-20/h1-11,18,21H,12,14-16H2,(H,28,31). The Labute approximate surface area is 190 Å². The Bertz CT molecular complexity index is 1320. The van der Waals surface area contributed by atoms with Crippen LogP contribution in [0.5, 0.6) is 0 Å². The molecule has 1 fully saturated rings. The molecule has 5 rings (SSSR count). The van der Waals surface area contributed by atoms with Crippen LogP contribution in [0.25, 0.3) is 0 Å². The van der Waals surface area contributed by atoms with Gasteiger partial charge in [-0.15, -0.1) is 0 Å². The van der Waals surface area contributed by atoms with E-state index in [0.717, 1.165) is 12.1 Å².